The number of pyridine rings is 1. The summed E-state index contributed by atoms with van der Waals surface area (Å²) in [7, 11) is 0. The van der Waals surface area contributed by atoms with Crippen molar-refractivity contribution in [1.29, 1.82) is 0 Å². The SMILES string of the molecule is Cc1cc(C(=O)NCCN)c2c(C)noc2n1.Cl. The molecular weight excluding hydrogens is 256 g/mol. The van der Waals surface area contributed by atoms with E-state index in [-0.39, 0.29) is 18.3 Å². The zero-order chi connectivity index (χ0) is 12.4. The van der Waals surface area contributed by atoms with E-state index in [9.17, 15) is 4.79 Å². The number of fused-ring (bicyclic) bond motifs is 1. The van der Waals surface area contributed by atoms with Crippen LogP contribution in [0.3, 0.4) is 0 Å². The summed E-state index contributed by atoms with van der Waals surface area (Å²) in [5, 5.41) is 7.20. The second-order valence-electron chi connectivity index (χ2n) is 3.80. The molecule has 0 fully saturated rings. The minimum atomic E-state index is -0.183. The van der Waals surface area contributed by atoms with Gasteiger partial charge in [-0.25, -0.2) is 4.98 Å². The van der Waals surface area contributed by atoms with Gasteiger partial charge in [0.05, 0.1) is 16.6 Å². The van der Waals surface area contributed by atoms with Crippen LogP contribution in [-0.4, -0.2) is 29.1 Å². The molecule has 0 radical (unpaired) electrons. The van der Waals surface area contributed by atoms with Crippen molar-refractivity contribution in [3.63, 3.8) is 0 Å². The minimum absolute atomic E-state index is 0. The Bertz CT molecular complexity index is 567. The van der Waals surface area contributed by atoms with Crippen LogP contribution in [0.1, 0.15) is 21.7 Å². The Morgan fingerprint density at radius 2 is 2.22 bits per heavy atom. The van der Waals surface area contributed by atoms with E-state index in [4.69, 9.17) is 10.3 Å². The van der Waals surface area contributed by atoms with E-state index in [1.807, 2.05) is 0 Å². The van der Waals surface area contributed by atoms with Gasteiger partial charge in [-0.05, 0) is 19.9 Å². The summed E-state index contributed by atoms with van der Waals surface area (Å²) in [5.74, 6) is -0.183. The van der Waals surface area contributed by atoms with E-state index in [0.717, 1.165) is 0 Å². The Morgan fingerprint density at radius 3 is 2.89 bits per heavy atom. The summed E-state index contributed by atoms with van der Waals surface area (Å²) in [4.78, 5) is 16.1. The fourth-order valence-electron chi connectivity index (χ4n) is 1.68. The average molecular weight is 271 g/mol. The fraction of sp³-hybridized carbons (Fsp3) is 0.364. The summed E-state index contributed by atoms with van der Waals surface area (Å²) in [5.41, 5.74) is 7.64. The Kier molecular flexibility index (Phi) is 4.63. The Hall–Kier alpha value is -1.66. The highest BCUT2D eigenvalue weighted by atomic mass is 35.5. The Labute approximate surface area is 110 Å². The van der Waals surface area contributed by atoms with E-state index >= 15 is 0 Å². The number of hydrogen-bond acceptors (Lipinski definition) is 5. The number of nitrogens with one attached hydrogen (secondary N) is 1. The third-order valence-electron chi connectivity index (χ3n) is 2.42. The summed E-state index contributed by atoms with van der Waals surface area (Å²) < 4.78 is 5.06. The van der Waals surface area contributed by atoms with Crippen molar-refractivity contribution in [2.45, 2.75) is 13.8 Å². The van der Waals surface area contributed by atoms with Crippen molar-refractivity contribution < 1.29 is 9.32 Å². The van der Waals surface area contributed by atoms with Gasteiger partial charge in [-0.15, -0.1) is 12.4 Å². The molecule has 6 nitrogen and oxygen atoms in total. The van der Waals surface area contributed by atoms with Gasteiger partial charge in [0.1, 0.15) is 0 Å². The number of nitrogens with two attached hydrogens (primary N) is 1. The van der Waals surface area contributed by atoms with Crippen molar-refractivity contribution >= 4 is 29.4 Å². The molecule has 0 aliphatic heterocycles. The van der Waals surface area contributed by atoms with Crippen LogP contribution in [-0.2, 0) is 0 Å². The van der Waals surface area contributed by atoms with Gasteiger partial charge in [0, 0.05) is 18.8 Å². The lowest BCUT2D eigenvalue weighted by molar-refractivity contribution is 0.0956. The van der Waals surface area contributed by atoms with E-state index in [2.05, 4.69) is 15.5 Å². The first kappa shape index (κ1) is 14.4. The van der Waals surface area contributed by atoms with Gasteiger partial charge in [0.25, 0.3) is 11.6 Å². The molecule has 0 saturated heterocycles. The molecule has 0 aromatic carbocycles. The number of aromatic nitrogens is 2. The van der Waals surface area contributed by atoms with Crippen LogP contribution in [0.15, 0.2) is 10.6 Å². The van der Waals surface area contributed by atoms with E-state index in [1.54, 1.807) is 19.9 Å². The molecule has 3 N–H and O–H groups in total. The highest BCUT2D eigenvalue weighted by Gasteiger charge is 2.17. The van der Waals surface area contributed by atoms with Gasteiger partial charge in [-0.2, -0.15) is 0 Å². The molecule has 2 aromatic heterocycles. The number of carbonyl (C=O) groups excluding carboxylic acids is 1. The first-order chi connectivity index (χ1) is 8.13. The predicted molar refractivity (Wildman–Crippen MR) is 69.9 cm³/mol. The van der Waals surface area contributed by atoms with E-state index in [1.165, 1.54) is 0 Å². The number of nitrogens with zero attached hydrogens (tertiary/aromatic N) is 2. The Morgan fingerprint density at radius 1 is 1.50 bits per heavy atom. The third kappa shape index (κ3) is 2.60. The summed E-state index contributed by atoms with van der Waals surface area (Å²) >= 11 is 0. The molecule has 2 heterocycles. The van der Waals surface area contributed by atoms with Gasteiger partial charge < -0.3 is 15.6 Å². The van der Waals surface area contributed by atoms with Gasteiger partial charge in [-0.3, -0.25) is 4.79 Å². The van der Waals surface area contributed by atoms with E-state index in [0.29, 0.717) is 41.1 Å². The molecule has 0 aliphatic rings. The van der Waals surface area contributed by atoms with Crippen LogP contribution in [0, 0.1) is 13.8 Å². The second kappa shape index (κ2) is 5.79. The van der Waals surface area contributed by atoms with Gasteiger partial charge in [0.2, 0.25) is 0 Å². The maximum atomic E-state index is 12.0. The maximum Gasteiger partial charge on any atom is 0.258 e. The normalized spacial score (nSPS) is 10.2. The number of halogens is 1. The molecule has 0 aliphatic carbocycles. The third-order valence-corrected chi connectivity index (χ3v) is 2.42. The van der Waals surface area contributed by atoms with Gasteiger partial charge in [0.15, 0.2) is 0 Å². The van der Waals surface area contributed by atoms with Crippen LogP contribution in [0.5, 0.6) is 0 Å². The summed E-state index contributed by atoms with van der Waals surface area (Å²) in [6, 6.07) is 1.72. The molecule has 98 valence electrons. The van der Waals surface area contributed by atoms with Crippen LogP contribution < -0.4 is 11.1 Å². The summed E-state index contributed by atoms with van der Waals surface area (Å²) in [6.07, 6.45) is 0. The topological polar surface area (TPSA) is 94.0 Å². The first-order valence-electron chi connectivity index (χ1n) is 5.35. The van der Waals surface area contributed by atoms with Crippen molar-refractivity contribution in [2.24, 2.45) is 5.73 Å². The van der Waals surface area contributed by atoms with Gasteiger partial charge >= 0.3 is 0 Å². The van der Waals surface area contributed by atoms with Crippen molar-refractivity contribution in [3.05, 3.63) is 23.0 Å². The Balaban J connectivity index is 0.00000162. The number of amides is 1. The lowest BCUT2D eigenvalue weighted by Gasteiger charge is -2.05. The molecule has 2 rings (SSSR count). The highest BCUT2D eigenvalue weighted by molar-refractivity contribution is 6.06. The number of rotatable bonds is 3. The number of aryl methyl sites for hydroxylation is 2. The first-order valence-corrected chi connectivity index (χ1v) is 5.35. The van der Waals surface area contributed by atoms with Crippen LogP contribution in [0.25, 0.3) is 11.1 Å². The van der Waals surface area contributed by atoms with Crippen molar-refractivity contribution in [1.82, 2.24) is 15.5 Å². The molecule has 0 atom stereocenters. The largest absolute Gasteiger partial charge is 0.351 e. The second-order valence-corrected chi connectivity index (χ2v) is 3.80. The number of hydrogen-bond donors (Lipinski definition) is 2. The lowest BCUT2D eigenvalue weighted by Crippen LogP contribution is -2.29. The van der Waals surface area contributed by atoms with Crippen LogP contribution in [0.2, 0.25) is 0 Å². The molecule has 0 unspecified atom stereocenters. The molecule has 0 bridgehead atoms. The molecule has 18 heavy (non-hydrogen) atoms. The molecule has 0 saturated carbocycles. The molecule has 0 spiro atoms. The fourth-order valence-corrected chi connectivity index (χ4v) is 1.68. The maximum absolute atomic E-state index is 12.0. The predicted octanol–water partition coefficient (Wildman–Crippen LogP) is 0.950. The smallest absolute Gasteiger partial charge is 0.258 e. The average Bonchev–Trinajstić information content (AvgIpc) is 2.66. The monoisotopic (exact) mass is 270 g/mol. The number of carbonyl (C=O) groups is 1. The van der Waals surface area contributed by atoms with Crippen molar-refractivity contribution in [2.75, 3.05) is 13.1 Å². The van der Waals surface area contributed by atoms with E-state index < -0.39 is 0 Å². The summed E-state index contributed by atoms with van der Waals surface area (Å²) in [6.45, 7) is 4.42. The quantitative estimate of drug-likeness (QED) is 0.866. The van der Waals surface area contributed by atoms with Crippen LogP contribution in [0.4, 0.5) is 0 Å². The molecule has 2 aromatic rings. The zero-order valence-electron chi connectivity index (χ0n) is 10.2. The molecule has 1 amide bonds. The standard InChI is InChI=1S/C11H14N4O2.ClH/c1-6-5-8(10(16)13-4-3-12)9-7(2)15-17-11(9)14-6;/h5H,3-4,12H2,1-2H3,(H,13,16);1H. The van der Waals surface area contributed by atoms with Crippen LogP contribution >= 0.6 is 12.4 Å². The zero-order valence-corrected chi connectivity index (χ0v) is 11.0. The van der Waals surface area contributed by atoms with Gasteiger partial charge in [-0.1, -0.05) is 5.16 Å². The highest BCUT2D eigenvalue weighted by Crippen LogP contribution is 2.21. The molecular formula is C11H15ClN4O2. The lowest BCUT2D eigenvalue weighted by atomic mass is 10.1. The minimum Gasteiger partial charge on any atom is -0.351 e. The van der Waals surface area contributed by atoms with Crippen molar-refractivity contribution in [3.8, 4) is 0 Å². The molecule has 7 heteroatoms.